The molecule has 4 heterocycles. The predicted molar refractivity (Wildman–Crippen MR) is 147 cm³/mol. The Morgan fingerprint density at radius 1 is 1.06 bits per heavy atom. The normalized spacial score (nSPS) is 17.8. The molecule has 186 valence electrons. The lowest BCUT2D eigenvalue weighted by Crippen LogP contribution is -2.47. The Kier molecular flexibility index (Phi) is 6.57. The van der Waals surface area contributed by atoms with Crippen LogP contribution in [0.4, 0.5) is 15.9 Å². The van der Waals surface area contributed by atoms with E-state index in [1.54, 1.807) is 29.3 Å². The summed E-state index contributed by atoms with van der Waals surface area (Å²) in [6.07, 6.45) is 3.38. The summed E-state index contributed by atoms with van der Waals surface area (Å²) in [7, 11) is 0. The van der Waals surface area contributed by atoms with E-state index in [1.165, 1.54) is 22.2 Å². The summed E-state index contributed by atoms with van der Waals surface area (Å²) < 4.78 is 16.3. The summed E-state index contributed by atoms with van der Waals surface area (Å²) in [6, 6.07) is 10.4. The number of pyridine rings is 1. The average Bonchev–Trinajstić information content (AvgIpc) is 3.14. The SMILES string of the molecule is Cc1ccc2nc(N3CCN(c4ccccc4F)CC3)c(/C=C3/SC(=S)N(C(C)C)C3=O)c(=O)n2c1. The molecule has 10 heteroatoms. The van der Waals surface area contributed by atoms with Crippen LogP contribution in [0.15, 0.2) is 52.3 Å². The number of para-hydroxylation sites is 1. The van der Waals surface area contributed by atoms with E-state index in [0.29, 0.717) is 58.1 Å². The number of nitrogens with zero attached hydrogens (tertiary/aromatic N) is 5. The van der Waals surface area contributed by atoms with Gasteiger partial charge in [0, 0.05) is 38.4 Å². The van der Waals surface area contributed by atoms with Gasteiger partial charge in [0.2, 0.25) is 0 Å². The lowest BCUT2D eigenvalue weighted by molar-refractivity contribution is -0.123. The first-order chi connectivity index (χ1) is 17.2. The summed E-state index contributed by atoms with van der Waals surface area (Å²) in [6.45, 7) is 7.98. The minimum atomic E-state index is -0.253. The maximum Gasteiger partial charge on any atom is 0.267 e. The molecule has 2 aliphatic rings. The summed E-state index contributed by atoms with van der Waals surface area (Å²) in [5.74, 6) is 0.0622. The number of fused-ring (bicyclic) bond motifs is 1. The van der Waals surface area contributed by atoms with E-state index in [2.05, 4.69) is 0 Å². The van der Waals surface area contributed by atoms with Crippen molar-refractivity contribution in [1.29, 1.82) is 0 Å². The summed E-state index contributed by atoms with van der Waals surface area (Å²) >= 11 is 6.63. The second-order valence-electron chi connectivity index (χ2n) is 9.16. The van der Waals surface area contributed by atoms with Gasteiger partial charge < -0.3 is 9.80 Å². The Hall–Kier alpha value is -3.24. The maximum absolute atomic E-state index is 14.3. The number of aromatic nitrogens is 2. The number of aryl methyl sites for hydroxylation is 1. The van der Waals surface area contributed by atoms with E-state index in [4.69, 9.17) is 17.2 Å². The molecule has 1 amide bonds. The van der Waals surface area contributed by atoms with Crippen LogP contribution in [0.25, 0.3) is 11.7 Å². The molecule has 0 unspecified atom stereocenters. The number of piperazine rings is 1. The zero-order valence-corrected chi connectivity index (χ0v) is 21.9. The Morgan fingerprint density at radius 3 is 2.42 bits per heavy atom. The van der Waals surface area contributed by atoms with Crippen molar-refractivity contribution in [3.8, 4) is 0 Å². The zero-order chi connectivity index (χ0) is 25.6. The zero-order valence-electron chi connectivity index (χ0n) is 20.3. The number of hydrogen-bond donors (Lipinski definition) is 0. The van der Waals surface area contributed by atoms with Gasteiger partial charge in [-0.25, -0.2) is 9.37 Å². The molecule has 2 fully saturated rings. The van der Waals surface area contributed by atoms with Gasteiger partial charge in [-0.1, -0.05) is 42.2 Å². The lowest BCUT2D eigenvalue weighted by Gasteiger charge is -2.37. The molecule has 0 radical (unpaired) electrons. The highest BCUT2D eigenvalue weighted by Gasteiger charge is 2.34. The van der Waals surface area contributed by atoms with Crippen molar-refractivity contribution in [2.75, 3.05) is 36.0 Å². The van der Waals surface area contributed by atoms with Gasteiger partial charge in [0.1, 0.15) is 21.6 Å². The molecule has 7 nitrogen and oxygen atoms in total. The number of hydrogen-bond acceptors (Lipinski definition) is 7. The van der Waals surface area contributed by atoms with Crippen LogP contribution < -0.4 is 15.4 Å². The van der Waals surface area contributed by atoms with Gasteiger partial charge >= 0.3 is 0 Å². The lowest BCUT2D eigenvalue weighted by atomic mass is 10.2. The first kappa shape index (κ1) is 24.5. The number of thiocarbonyl (C=S) groups is 1. The molecule has 0 atom stereocenters. The predicted octanol–water partition coefficient (Wildman–Crippen LogP) is 4.08. The van der Waals surface area contributed by atoms with Crippen LogP contribution in [0.1, 0.15) is 25.0 Å². The molecule has 0 saturated carbocycles. The van der Waals surface area contributed by atoms with E-state index in [9.17, 15) is 14.0 Å². The molecule has 1 aromatic carbocycles. The second kappa shape index (κ2) is 9.67. The summed E-state index contributed by atoms with van der Waals surface area (Å²) in [5.41, 5.74) is 2.13. The standard InChI is InChI=1S/C26H26FN5O2S2/c1-16(2)32-25(34)21(36-26(32)35)14-18-23(28-22-9-8-17(3)15-31(22)24(18)33)30-12-10-29(11-13-30)20-7-5-4-6-19(20)27/h4-9,14-16H,10-13H2,1-3H3/b21-14+. The molecule has 0 aliphatic carbocycles. The molecule has 2 saturated heterocycles. The van der Waals surface area contributed by atoms with Crippen LogP contribution in [0.2, 0.25) is 0 Å². The third-order valence-electron chi connectivity index (χ3n) is 6.37. The molecule has 0 bridgehead atoms. The van der Waals surface area contributed by atoms with Crippen molar-refractivity contribution in [3.05, 3.63) is 74.8 Å². The number of thioether (sulfide) groups is 1. The Bertz CT molecular complexity index is 1460. The van der Waals surface area contributed by atoms with Gasteiger partial charge in [0.15, 0.2) is 0 Å². The fraction of sp³-hybridized carbons (Fsp3) is 0.308. The van der Waals surface area contributed by atoms with E-state index < -0.39 is 0 Å². The molecule has 0 spiro atoms. The van der Waals surface area contributed by atoms with Gasteiger partial charge in [-0.2, -0.15) is 0 Å². The van der Waals surface area contributed by atoms with E-state index in [1.807, 2.05) is 48.8 Å². The number of amides is 1. The average molecular weight is 524 g/mol. The molecular weight excluding hydrogens is 497 g/mol. The van der Waals surface area contributed by atoms with Gasteiger partial charge in [-0.15, -0.1) is 0 Å². The molecule has 5 rings (SSSR count). The fourth-order valence-corrected chi connectivity index (χ4v) is 6.04. The van der Waals surface area contributed by atoms with Crippen molar-refractivity contribution in [2.45, 2.75) is 26.8 Å². The smallest absolute Gasteiger partial charge is 0.267 e. The molecule has 36 heavy (non-hydrogen) atoms. The summed E-state index contributed by atoms with van der Waals surface area (Å²) in [4.78, 5) is 37.6. The van der Waals surface area contributed by atoms with Crippen LogP contribution in [-0.2, 0) is 4.79 Å². The van der Waals surface area contributed by atoms with Crippen molar-refractivity contribution in [3.63, 3.8) is 0 Å². The Labute approximate surface area is 218 Å². The monoisotopic (exact) mass is 523 g/mol. The molecule has 0 N–H and O–H groups in total. The van der Waals surface area contributed by atoms with Crippen molar-refractivity contribution < 1.29 is 9.18 Å². The molecule has 2 aromatic heterocycles. The third-order valence-corrected chi connectivity index (χ3v) is 7.70. The molecule has 3 aromatic rings. The number of halogens is 1. The van der Waals surface area contributed by atoms with E-state index >= 15 is 0 Å². The number of rotatable bonds is 4. The van der Waals surface area contributed by atoms with Gasteiger partial charge in [-0.05, 0) is 50.6 Å². The van der Waals surface area contributed by atoms with Crippen LogP contribution in [0, 0.1) is 12.7 Å². The maximum atomic E-state index is 14.3. The fourth-order valence-electron chi connectivity index (χ4n) is 4.54. The van der Waals surface area contributed by atoms with Crippen LogP contribution in [0.5, 0.6) is 0 Å². The first-order valence-electron chi connectivity index (χ1n) is 11.8. The van der Waals surface area contributed by atoms with Gasteiger partial charge in [0.05, 0.1) is 16.2 Å². The van der Waals surface area contributed by atoms with Gasteiger partial charge in [-0.3, -0.25) is 18.9 Å². The Morgan fingerprint density at radius 2 is 1.75 bits per heavy atom. The number of benzene rings is 1. The Balaban J connectivity index is 1.55. The van der Waals surface area contributed by atoms with Crippen molar-refractivity contribution in [2.24, 2.45) is 0 Å². The van der Waals surface area contributed by atoms with Crippen LogP contribution >= 0.6 is 24.0 Å². The largest absolute Gasteiger partial charge is 0.366 e. The minimum Gasteiger partial charge on any atom is -0.366 e. The highest BCUT2D eigenvalue weighted by Crippen LogP contribution is 2.35. The van der Waals surface area contributed by atoms with Gasteiger partial charge in [0.25, 0.3) is 11.5 Å². The molecule has 2 aliphatic heterocycles. The van der Waals surface area contributed by atoms with Crippen molar-refractivity contribution >= 4 is 57.4 Å². The highest BCUT2D eigenvalue weighted by molar-refractivity contribution is 8.26. The third kappa shape index (κ3) is 4.39. The van der Waals surface area contributed by atoms with Crippen molar-refractivity contribution in [1.82, 2.24) is 14.3 Å². The number of anilines is 2. The van der Waals surface area contributed by atoms with Crippen LogP contribution in [0.3, 0.4) is 0 Å². The summed E-state index contributed by atoms with van der Waals surface area (Å²) in [5, 5.41) is 0. The first-order valence-corrected chi connectivity index (χ1v) is 13.0. The van der Waals surface area contributed by atoms with Crippen LogP contribution in [-0.4, -0.2) is 56.7 Å². The quantitative estimate of drug-likeness (QED) is 0.377. The minimum absolute atomic E-state index is 0.0761. The number of carbonyl (C=O) groups excluding carboxylic acids is 1. The van der Waals surface area contributed by atoms with E-state index in [-0.39, 0.29) is 23.3 Å². The topological polar surface area (TPSA) is 61.2 Å². The van der Waals surface area contributed by atoms with E-state index in [0.717, 1.165) is 5.56 Å². The number of carbonyl (C=O) groups is 1. The second-order valence-corrected chi connectivity index (χ2v) is 10.8. The molecular formula is C26H26FN5O2S2. The highest BCUT2D eigenvalue weighted by atomic mass is 32.2.